The first-order valence-electron chi connectivity index (χ1n) is 22.3. The molecule has 0 aliphatic carbocycles. The molecule has 0 spiro atoms. The molecule has 0 radical (unpaired) electrons. The van der Waals surface area contributed by atoms with E-state index in [1.54, 1.807) is 86.8 Å². The summed E-state index contributed by atoms with van der Waals surface area (Å²) in [6.07, 6.45) is -2.89. The van der Waals surface area contributed by atoms with Gasteiger partial charge in [-0.25, -0.2) is 4.39 Å². The Morgan fingerprint density at radius 2 is 1.29 bits per heavy atom. The molecule has 0 aromatic heterocycles. The third-order valence-corrected chi connectivity index (χ3v) is 11.9. The fraction of sp³-hybridized carbons (Fsp3) is 0.660. The predicted octanol–water partition coefficient (Wildman–Crippen LogP) is 0.695. The third kappa shape index (κ3) is 18.5. The van der Waals surface area contributed by atoms with Gasteiger partial charge in [0.2, 0.25) is 0 Å². The SMILES string of the molecule is C[C@@H]1[C@H](O)[C@@H](C)/C=C/C=C/C=C/C=C/C=C/C=C/C=C/C(OC2OC(CO)C(O)C(O)C2F)C[C@@H]2OC(O)(CC(O)CC(O)C(O)CCC(O)CC(O)CC(=O)O[C@H]1C)C[C@H](O)C2C(=O)O. The van der Waals surface area contributed by atoms with Crippen LogP contribution in [0.1, 0.15) is 72.1 Å². The number of hydrogen-bond acceptors (Lipinski definition) is 17. The zero-order valence-corrected chi connectivity index (χ0v) is 37.5. The minimum atomic E-state index is -2.40. The van der Waals surface area contributed by atoms with Crippen LogP contribution in [0.25, 0.3) is 0 Å². The standard InChI is InChI=1S/C47H71FO18/c1-27-16-14-12-10-8-6-4-5-7-9-11-13-15-17-33(64-46-41(48)44(59)43(58)38(26-49)65-46)23-37-40(45(60)61)36(55)25-47(62,66-37)24-32(52)21-35(54)34(53)19-18-30(50)20-31(51)22-39(56)63-29(3)28(2)42(27)57/h4-17,27-38,40-44,46,49-55,57-59,62H,18-26H2,1-3H3,(H,60,61)/b5-4+,8-6+,9-7+,12-10+,13-11+,16-14+,17-15+/t27-,28-,29-,30?,31?,32?,33?,34?,35?,36-,37-,38?,40?,41?,42+,43?,44?,46?,47?/m0/s1. The van der Waals surface area contributed by atoms with Crippen molar-refractivity contribution >= 4 is 11.9 Å². The Morgan fingerprint density at radius 3 is 1.86 bits per heavy atom. The molecule has 13 unspecified atom stereocenters. The largest absolute Gasteiger partial charge is 0.481 e. The number of cyclic esters (lactones) is 1. The van der Waals surface area contributed by atoms with Crippen LogP contribution in [0.2, 0.25) is 0 Å². The summed E-state index contributed by atoms with van der Waals surface area (Å²) in [6.45, 7) is 4.36. The average molecular weight is 943 g/mol. The van der Waals surface area contributed by atoms with Crippen molar-refractivity contribution in [3.8, 4) is 0 Å². The number of aliphatic carboxylic acids is 1. The van der Waals surface area contributed by atoms with Crippen molar-refractivity contribution in [2.24, 2.45) is 17.8 Å². The van der Waals surface area contributed by atoms with Gasteiger partial charge in [0.1, 0.15) is 30.3 Å². The van der Waals surface area contributed by atoms with Crippen molar-refractivity contribution in [3.05, 3.63) is 85.1 Å². The summed E-state index contributed by atoms with van der Waals surface area (Å²) in [7, 11) is 0. The van der Waals surface area contributed by atoms with Gasteiger partial charge in [-0.2, -0.15) is 0 Å². The van der Waals surface area contributed by atoms with Gasteiger partial charge in [-0.3, -0.25) is 9.59 Å². The maximum Gasteiger partial charge on any atom is 0.311 e. The van der Waals surface area contributed by atoms with E-state index in [4.69, 9.17) is 18.9 Å². The molecule has 2 saturated heterocycles. The number of carboxylic acid groups (broad SMARTS) is 1. The highest BCUT2D eigenvalue weighted by Gasteiger charge is 2.51. The number of aliphatic hydroxyl groups excluding tert-OH is 10. The molecule has 12 N–H and O–H groups in total. The number of carboxylic acids is 1. The Balaban J connectivity index is 1.87. The van der Waals surface area contributed by atoms with E-state index < -0.39 is 160 Å². The van der Waals surface area contributed by atoms with Crippen molar-refractivity contribution in [2.75, 3.05) is 6.61 Å². The predicted molar refractivity (Wildman–Crippen MR) is 235 cm³/mol. The van der Waals surface area contributed by atoms with E-state index in [1.165, 1.54) is 12.2 Å². The first kappa shape index (κ1) is 56.8. The number of rotatable bonds is 4. The first-order valence-corrected chi connectivity index (χ1v) is 22.3. The molecule has 66 heavy (non-hydrogen) atoms. The van der Waals surface area contributed by atoms with Crippen molar-refractivity contribution in [1.82, 2.24) is 0 Å². The smallest absolute Gasteiger partial charge is 0.311 e. The van der Waals surface area contributed by atoms with Crippen LogP contribution in [0.5, 0.6) is 0 Å². The molecule has 0 aromatic rings. The van der Waals surface area contributed by atoms with Gasteiger partial charge >= 0.3 is 11.9 Å². The number of esters is 1. The summed E-state index contributed by atoms with van der Waals surface area (Å²) in [6, 6.07) is 0. The number of fused-ring (bicyclic) bond motifs is 2. The molecule has 3 aliphatic rings. The van der Waals surface area contributed by atoms with Gasteiger partial charge in [-0.05, 0) is 26.2 Å². The van der Waals surface area contributed by atoms with Gasteiger partial charge in [0.25, 0.3) is 0 Å². The molecule has 0 saturated carbocycles. The fourth-order valence-corrected chi connectivity index (χ4v) is 7.94. The highest BCUT2D eigenvalue weighted by molar-refractivity contribution is 5.71. The molecule has 18 nitrogen and oxygen atoms in total. The van der Waals surface area contributed by atoms with Gasteiger partial charge in [-0.1, -0.05) is 98.9 Å². The lowest BCUT2D eigenvalue weighted by atomic mass is 9.82. The van der Waals surface area contributed by atoms with E-state index in [0.717, 1.165) is 0 Å². The molecule has 2 fully saturated rings. The summed E-state index contributed by atoms with van der Waals surface area (Å²) in [5, 5.41) is 127. The van der Waals surface area contributed by atoms with Crippen molar-refractivity contribution < 1.29 is 94.2 Å². The van der Waals surface area contributed by atoms with E-state index in [9.17, 15) is 70.9 Å². The third-order valence-electron chi connectivity index (χ3n) is 11.9. The molecule has 2 bridgehead atoms. The second kappa shape index (κ2) is 28.1. The fourth-order valence-electron chi connectivity index (χ4n) is 7.94. The zero-order valence-electron chi connectivity index (χ0n) is 37.5. The van der Waals surface area contributed by atoms with Crippen LogP contribution in [0.4, 0.5) is 4.39 Å². The molecule has 3 heterocycles. The highest BCUT2D eigenvalue weighted by Crippen LogP contribution is 2.38. The summed E-state index contributed by atoms with van der Waals surface area (Å²) in [4.78, 5) is 25.0. The maximum atomic E-state index is 15.3. The lowest BCUT2D eigenvalue weighted by molar-refractivity contribution is -0.312. The van der Waals surface area contributed by atoms with E-state index in [1.807, 2.05) is 6.92 Å². The molecule has 3 aliphatic heterocycles. The lowest BCUT2D eigenvalue weighted by Crippen LogP contribution is -2.59. The number of ether oxygens (including phenoxy) is 4. The number of aliphatic hydroxyl groups is 11. The second-order valence-corrected chi connectivity index (χ2v) is 17.5. The number of alkyl halides is 1. The van der Waals surface area contributed by atoms with Crippen LogP contribution >= 0.6 is 0 Å². The van der Waals surface area contributed by atoms with Gasteiger partial charge < -0.3 is 80.2 Å². The lowest BCUT2D eigenvalue weighted by Gasteiger charge is -2.45. The van der Waals surface area contributed by atoms with Crippen molar-refractivity contribution in [1.29, 1.82) is 0 Å². The molecule has 374 valence electrons. The highest BCUT2D eigenvalue weighted by atomic mass is 19.1. The number of carbonyl (C=O) groups excluding carboxylic acids is 1. The normalized spacial score (nSPS) is 45.0. The molecular formula is C47H71FO18. The zero-order chi connectivity index (χ0) is 49.1. The van der Waals surface area contributed by atoms with Crippen LogP contribution in [-0.4, -0.2) is 177 Å². The number of carbonyl (C=O) groups is 2. The summed E-state index contributed by atoms with van der Waals surface area (Å²) < 4.78 is 37.8. The minimum absolute atomic E-state index is 0.134. The van der Waals surface area contributed by atoms with Crippen LogP contribution in [0, 0.1) is 17.8 Å². The molecule has 3 rings (SSSR count). The van der Waals surface area contributed by atoms with Crippen LogP contribution < -0.4 is 0 Å². The Bertz CT molecular complexity index is 1680. The van der Waals surface area contributed by atoms with E-state index in [0.29, 0.717) is 0 Å². The average Bonchev–Trinajstić information content (AvgIpc) is 3.23. The van der Waals surface area contributed by atoms with E-state index in [2.05, 4.69) is 0 Å². The number of halogens is 1. The first-order chi connectivity index (χ1) is 31.2. The summed E-state index contributed by atoms with van der Waals surface area (Å²) in [5.41, 5.74) is 0. The number of allylic oxidation sites excluding steroid dienone is 12. The van der Waals surface area contributed by atoms with Gasteiger partial charge in [-0.15, -0.1) is 0 Å². The minimum Gasteiger partial charge on any atom is -0.481 e. The van der Waals surface area contributed by atoms with Crippen LogP contribution in [-0.2, 0) is 28.5 Å². The maximum absolute atomic E-state index is 15.3. The Hall–Kier alpha value is -3.51. The molecule has 0 aromatic carbocycles. The van der Waals surface area contributed by atoms with E-state index >= 15 is 4.39 Å². The monoisotopic (exact) mass is 942 g/mol. The van der Waals surface area contributed by atoms with E-state index in [-0.39, 0.29) is 25.2 Å². The Labute approximate surface area is 384 Å². The Kier molecular flexibility index (Phi) is 24.2. The molecule has 19 atom stereocenters. The molecule has 19 heteroatoms. The van der Waals surface area contributed by atoms with Gasteiger partial charge in [0.15, 0.2) is 18.2 Å². The van der Waals surface area contributed by atoms with Crippen LogP contribution in [0.15, 0.2) is 85.1 Å². The summed E-state index contributed by atoms with van der Waals surface area (Å²) >= 11 is 0. The van der Waals surface area contributed by atoms with Gasteiger partial charge in [0.05, 0.1) is 68.0 Å². The van der Waals surface area contributed by atoms with Crippen molar-refractivity contribution in [3.63, 3.8) is 0 Å². The van der Waals surface area contributed by atoms with Crippen LogP contribution in [0.3, 0.4) is 0 Å². The van der Waals surface area contributed by atoms with Crippen molar-refractivity contribution in [2.45, 2.75) is 170 Å². The van der Waals surface area contributed by atoms with Gasteiger partial charge in [0, 0.05) is 37.5 Å². The second-order valence-electron chi connectivity index (χ2n) is 17.5. The molecule has 0 amide bonds. The summed E-state index contributed by atoms with van der Waals surface area (Å²) in [5.74, 6) is -7.13. The Morgan fingerprint density at radius 1 is 0.712 bits per heavy atom. The number of hydrogen-bond donors (Lipinski definition) is 12. The molecular weight excluding hydrogens is 871 g/mol. The quantitative estimate of drug-likeness (QED) is 0.173. The topological polar surface area (TPSA) is 314 Å².